The monoisotopic (exact) mass is 306 g/mol. The van der Waals surface area contributed by atoms with Crippen LogP contribution < -0.4 is 15.7 Å². The van der Waals surface area contributed by atoms with Gasteiger partial charge in [0.25, 0.3) is 5.91 Å². The lowest BCUT2D eigenvalue weighted by Gasteiger charge is -2.19. The van der Waals surface area contributed by atoms with E-state index in [9.17, 15) is 4.79 Å². The SMILES string of the molecule is O=C(NP(c1ccccc1)c1ccccc1)c1ccccn1. The summed E-state index contributed by atoms with van der Waals surface area (Å²) in [5, 5.41) is 5.34. The molecule has 108 valence electrons. The summed E-state index contributed by atoms with van der Waals surface area (Å²) in [6.45, 7) is 0. The van der Waals surface area contributed by atoms with Crippen LogP contribution in [-0.2, 0) is 0 Å². The Morgan fingerprint density at radius 2 is 1.32 bits per heavy atom. The smallest absolute Gasteiger partial charge is 0.273 e. The second-order valence-corrected chi connectivity index (χ2v) is 6.59. The molecule has 1 N–H and O–H groups in total. The van der Waals surface area contributed by atoms with Crippen LogP contribution >= 0.6 is 8.07 Å². The van der Waals surface area contributed by atoms with E-state index >= 15 is 0 Å². The molecule has 1 aromatic heterocycles. The molecule has 0 spiro atoms. The highest BCUT2D eigenvalue weighted by molar-refractivity contribution is 7.71. The number of carbonyl (C=O) groups excluding carboxylic acids is 1. The largest absolute Gasteiger partial charge is 0.322 e. The van der Waals surface area contributed by atoms with E-state index in [-0.39, 0.29) is 5.91 Å². The van der Waals surface area contributed by atoms with Crippen LogP contribution in [0, 0.1) is 0 Å². The molecule has 0 radical (unpaired) electrons. The van der Waals surface area contributed by atoms with Crippen molar-refractivity contribution in [2.75, 3.05) is 0 Å². The van der Waals surface area contributed by atoms with Crippen LogP contribution in [0.4, 0.5) is 0 Å². The lowest BCUT2D eigenvalue weighted by Crippen LogP contribution is -2.28. The topological polar surface area (TPSA) is 42.0 Å². The minimum atomic E-state index is -0.953. The summed E-state index contributed by atoms with van der Waals surface area (Å²) in [6, 6.07) is 25.4. The van der Waals surface area contributed by atoms with E-state index in [1.807, 2.05) is 66.7 Å². The molecule has 3 aromatic rings. The summed E-state index contributed by atoms with van der Waals surface area (Å²) in [6.07, 6.45) is 1.63. The van der Waals surface area contributed by atoms with E-state index in [4.69, 9.17) is 0 Å². The van der Waals surface area contributed by atoms with E-state index in [1.54, 1.807) is 18.3 Å². The maximum atomic E-state index is 12.4. The van der Waals surface area contributed by atoms with Crippen LogP contribution in [-0.4, -0.2) is 10.9 Å². The van der Waals surface area contributed by atoms with Crippen molar-refractivity contribution in [2.24, 2.45) is 0 Å². The van der Waals surface area contributed by atoms with Crippen LogP contribution in [0.3, 0.4) is 0 Å². The van der Waals surface area contributed by atoms with Crippen molar-refractivity contribution in [3.63, 3.8) is 0 Å². The van der Waals surface area contributed by atoms with Gasteiger partial charge in [-0.15, -0.1) is 0 Å². The van der Waals surface area contributed by atoms with Crippen molar-refractivity contribution >= 4 is 24.6 Å². The highest BCUT2D eigenvalue weighted by Gasteiger charge is 2.18. The van der Waals surface area contributed by atoms with Gasteiger partial charge in [0.1, 0.15) is 5.69 Å². The van der Waals surface area contributed by atoms with Crippen molar-refractivity contribution in [3.8, 4) is 0 Å². The Balaban J connectivity index is 1.91. The van der Waals surface area contributed by atoms with Crippen LogP contribution in [0.15, 0.2) is 85.1 Å². The number of benzene rings is 2. The Morgan fingerprint density at radius 1 is 0.773 bits per heavy atom. The molecule has 0 fully saturated rings. The van der Waals surface area contributed by atoms with E-state index in [1.165, 1.54) is 0 Å². The van der Waals surface area contributed by atoms with Gasteiger partial charge in [-0.2, -0.15) is 0 Å². The molecule has 22 heavy (non-hydrogen) atoms. The quantitative estimate of drug-likeness (QED) is 0.753. The molecule has 0 bridgehead atoms. The Hall–Kier alpha value is -2.51. The zero-order valence-corrected chi connectivity index (χ0v) is 12.8. The maximum absolute atomic E-state index is 12.4. The van der Waals surface area contributed by atoms with Gasteiger partial charge >= 0.3 is 0 Å². The Labute approximate surface area is 130 Å². The summed E-state index contributed by atoms with van der Waals surface area (Å²) in [7, 11) is -0.953. The molecular formula is C18H15N2OP. The molecular weight excluding hydrogens is 291 g/mol. The molecule has 0 unspecified atom stereocenters. The number of hydrogen-bond donors (Lipinski definition) is 1. The van der Waals surface area contributed by atoms with Crippen LogP contribution in [0.2, 0.25) is 0 Å². The number of carbonyl (C=O) groups is 1. The number of nitrogens with one attached hydrogen (secondary N) is 1. The summed E-state index contributed by atoms with van der Waals surface area (Å²) in [5.41, 5.74) is 0.432. The molecule has 0 aliphatic heterocycles. The predicted octanol–water partition coefficient (Wildman–Crippen LogP) is 2.86. The van der Waals surface area contributed by atoms with Crippen molar-refractivity contribution in [3.05, 3.63) is 90.8 Å². The summed E-state index contributed by atoms with van der Waals surface area (Å²) >= 11 is 0. The highest BCUT2D eigenvalue weighted by atomic mass is 31.1. The molecule has 1 amide bonds. The average Bonchev–Trinajstić information content (AvgIpc) is 2.62. The van der Waals surface area contributed by atoms with E-state index in [0.29, 0.717) is 5.69 Å². The molecule has 2 aromatic carbocycles. The number of rotatable bonds is 4. The lowest BCUT2D eigenvalue weighted by molar-refractivity contribution is 0.0978. The average molecular weight is 306 g/mol. The van der Waals surface area contributed by atoms with Gasteiger partial charge in [0.05, 0.1) is 8.07 Å². The van der Waals surface area contributed by atoms with E-state index < -0.39 is 8.07 Å². The molecule has 0 atom stereocenters. The molecule has 0 saturated heterocycles. The summed E-state index contributed by atoms with van der Waals surface area (Å²) in [5.74, 6) is -0.153. The third-order valence-electron chi connectivity index (χ3n) is 3.14. The van der Waals surface area contributed by atoms with Crippen molar-refractivity contribution < 1.29 is 4.79 Å². The standard InChI is InChI=1S/C18H15N2OP/c21-18(17-13-7-8-14-19-17)20-22(15-9-3-1-4-10-15)16-11-5-2-6-12-16/h1-14H,(H,20,21). The first-order valence-corrected chi connectivity index (χ1v) is 8.31. The van der Waals surface area contributed by atoms with Gasteiger partial charge in [0, 0.05) is 16.8 Å². The number of hydrogen-bond acceptors (Lipinski definition) is 2. The third-order valence-corrected chi connectivity index (χ3v) is 5.20. The van der Waals surface area contributed by atoms with Gasteiger partial charge in [-0.1, -0.05) is 66.7 Å². The molecule has 3 nitrogen and oxygen atoms in total. The first-order chi connectivity index (χ1) is 10.8. The minimum Gasteiger partial charge on any atom is -0.322 e. The first kappa shape index (κ1) is 14.4. The zero-order valence-electron chi connectivity index (χ0n) is 11.9. The van der Waals surface area contributed by atoms with Crippen molar-refractivity contribution in [1.29, 1.82) is 0 Å². The molecule has 0 aliphatic rings. The van der Waals surface area contributed by atoms with Crippen LogP contribution in [0.1, 0.15) is 10.5 Å². The second-order valence-electron chi connectivity index (χ2n) is 4.66. The fraction of sp³-hybridized carbons (Fsp3) is 0. The molecule has 0 aliphatic carbocycles. The van der Waals surface area contributed by atoms with E-state index in [0.717, 1.165) is 10.6 Å². The number of pyridine rings is 1. The van der Waals surface area contributed by atoms with Crippen LogP contribution in [0.25, 0.3) is 0 Å². The molecule has 0 saturated carbocycles. The molecule has 1 heterocycles. The molecule has 3 rings (SSSR count). The Morgan fingerprint density at radius 3 is 1.82 bits per heavy atom. The number of aromatic nitrogens is 1. The fourth-order valence-corrected chi connectivity index (χ4v) is 3.90. The van der Waals surface area contributed by atoms with Gasteiger partial charge in [-0.05, 0) is 12.1 Å². The number of nitrogens with zero attached hydrogens (tertiary/aromatic N) is 1. The van der Waals surface area contributed by atoms with Crippen molar-refractivity contribution in [1.82, 2.24) is 10.1 Å². The minimum absolute atomic E-state index is 0.153. The fourth-order valence-electron chi connectivity index (χ4n) is 2.09. The van der Waals surface area contributed by atoms with Gasteiger partial charge in [0.15, 0.2) is 0 Å². The summed E-state index contributed by atoms with van der Waals surface area (Å²) in [4.78, 5) is 16.6. The van der Waals surface area contributed by atoms with E-state index in [2.05, 4.69) is 10.1 Å². The second kappa shape index (κ2) is 6.97. The van der Waals surface area contributed by atoms with Gasteiger partial charge in [-0.25, -0.2) is 0 Å². The predicted molar refractivity (Wildman–Crippen MR) is 90.8 cm³/mol. The highest BCUT2D eigenvalue weighted by Crippen LogP contribution is 2.28. The van der Waals surface area contributed by atoms with Gasteiger partial charge < -0.3 is 5.09 Å². The lowest BCUT2D eigenvalue weighted by atomic mass is 10.3. The molecule has 4 heteroatoms. The third kappa shape index (κ3) is 3.38. The normalized spacial score (nSPS) is 10.4. The van der Waals surface area contributed by atoms with Crippen molar-refractivity contribution in [2.45, 2.75) is 0 Å². The zero-order chi connectivity index (χ0) is 15.2. The Bertz CT molecular complexity index is 693. The van der Waals surface area contributed by atoms with Gasteiger partial charge in [-0.3, -0.25) is 9.78 Å². The van der Waals surface area contributed by atoms with Crippen LogP contribution in [0.5, 0.6) is 0 Å². The maximum Gasteiger partial charge on any atom is 0.273 e. The summed E-state index contributed by atoms with van der Waals surface area (Å²) < 4.78 is 0. The first-order valence-electron chi connectivity index (χ1n) is 6.97. The van der Waals surface area contributed by atoms with Gasteiger partial charge in [0.2, 0.25) is 0 Å². The number of amides is 1. The Kier molecular flexibility index (Phi) is 4.57.